The topological polar surface area (TPSA) is 89.6 Å². The second-order valence-corrected chi connectivity index (χ2v) is 7.32. The van der Waals surface area contributed by atoms with Gasteiger partial charge < -0.3 is 11.1 Å². The minimum Gasteiger partial charge on any atom is -0.368 e. The fourth-order valence-electron chi connectivity index (χ4n) is 3.32. The summed E-state index contributed by atoms with van der Waals surface area (Å²) in [5.41, 5.74) is 11.1. The predicted molar refractivity (Wildman–Crippen MR) is 125 cm³/mol. The maximum absolute atomic E-state index is 6.00. The van der Waals surface area contributed by atoms with Gasteiger partial charge in [0.15, 0.2) is 17.0 Å². The summed E-state index contributed by atoms with van der Waals surface area (Å²) >= 11 is 6.00. The van der Waals surface area contributed by atoms with E-state index in [1.165, 1.54) is 0 Å². The van der Waals surface area contributed by atoms with E-state index in [0.29, 0.717) is 22.0 Å². The average molecular weight is 425 g/mol. The maximum Gasteiger partial charge on any atom is 0.224 e. The highest BCUT2D eigenvalue weighted by molar-refractivity contribution is 6.30. The van der Waals surface area contributed by atoms with Crippen molar-refractivity contribution in [1.29, 1.82) is 0 Å². The van der Waals surface area contributed by atoms with E-state index < -0.39 is 0 Å². The van der Waals surface area contributed by atoms with Crippen molar-refractivity contribution < 1.29 is 0 Å². The zero-order valence-corrected chi connectivity index (χ0v) is 17.1. The van der Waals surface area contributed by atoms with Crippen LogP contribution in [-0.4, -0.2) is 19.9 Å². The molecule has 0 amide bonds. The smallest absolute Gasteiger partial charge is 0.224 e. The van der Waals surface area contributed by atoms with Crippen LogP contribution >= 0.6 is 11.6 Å². The normalized spacial score (nSPS) is 10.9. The Kier molecular flexibility index (Phi) is 4.90. The zero-order valence-electron chi connectivity index (χ0n) is 16.3. The van der Waals surface area contributed by atoms with Crippen molar-refractivity contribution in [1.82, 2.24) is 19.9 Å². The van der Waals surface area contributed by atoms with E-state index in [2.05, 4.69) is 15.3 Å². The number of hydrogen-bond acceptors (Lipinski definition) is 6. The van der Waals surface area contributed by atoms with E-state index in [1.807, 2.05) is 72.8 Å². The summed E-state index contributed by atoms with van der Waals surface area (Å²) in [5.74, 6) is 0.596. The third-order valence-electron chi connectivity index (χ3n) is 4.75. The number of hydrogen-bond donors (Lipinski definition) is 2. The van der Waals surface area contributed by atoms with Crippen molar-refractivity contribution in [3.63, 3.8) is 0 Å². The molecule has 0 spiro atoms. The van der Waals surface area contributed by atoms with E-state index >= 15 is 0 Å². The molecule has 0 aliphatic carbocycles. The average Bonchev–Trinajstić information content (AvgIpc) is 2.81. The number of nitrogen functional groups attached to an aromatic ring is 1. The molecule has 2 aromatic heterocycles. The molecule has 0 saturated carbocycles. The molecule has 3 aromatic carbocycles. The summed E-state index contributed by atoms with van der Waals surface area (Å²) in [6.45, 7) is 0. The first kappa shape index (κ1) is 19.0. The fraction of sp³-hybridized carbons (Fsp3) is 0. The Balaban J connectivity index is 1.74. The third-order valence-corrected chi connectivity index (χ3v) is 5.00. The number of nitrogens with two attached hydrogens (primary N) is 1. The lowest BCUT2D eigenvalue weighted by Gasteiger charge is -2.13. The molecule has 31 heavy (non-hydrogen) atoms. The number of rotatable bonds is 4. The molecule has 0 bridgehead atoms. The van der Waals surface area contributed by atoms with E-state index in [9.17, 15) is 0 Å². The van der Waals surface area contributed by atoms with Crippen molar-refractivity contribution in [2.75, 3.05) is 11.1 Å². The van der Waals surface area contributed by atoms with Crippen LogP contribution in [0.4, 0.5) is 17.5 Å². The summed E-state index contributed by atoms with van der Waals surface area (Å²) in [4.78, 5) is 18.5. The first-order chi connectivity index (χ1) is 15.2. The Morgan fingerprint density at radius 2 is 1.23 bits per heavy atom. The lowest BCUT2D eigenvalue weighted by Crippen LogP contribution is -2.05. The largest absolute Gasteiger partial charge is 0.368 e. The molecule has 0 saturated heterocycles. The lowest BCUT2D eigenvalue weighted by molar-refractivity contribution is 1.16. The van der Waals surface area contributed by atoms with Crippen LogP contribution in [0, 0.1) is 0 Å². The first-order valence-electron chi connectivity index (χ1n) is 9.66. The minimum atomic E-state index is 0.115. The van der Waals surface area contributed by atoms with Crippen LogP contribution in [0.5, 0.6) is 0 Å². The zero-order chi connectivity index (χ0) is 21.2. The number of anilines is 3. The van der Waals surface area contributed by atoms with Crippen LogP contribution in [-0.2, 0) is 0 Å². The number of halogens is 1. The van der Waals surface area contributed by atoms with Crippen molar-refractivity contribution in [3.05, 3.63) is 90.0 Å². The van der Waals surface area contributed by atoms with Crippen LogP contribution in [0.2, 0.25) is 5.02 Å². The van der Waals surface area contributed by atoms with Gasteiger partial charge in [0, 0.05) is 21.8 Å². The van der Waals surface area contributed by atoms with E-state index in [-0.39, 0.29) is 5.95 Å². The van der Waals surface area contributed by atoms with Gasteiger partial charge in [-0.3, -0.25) is 0 Å². The molecule has 5 aromatic rings. The highest BCUT2D eigenvalue weighted by atomic mass is 35.5. The molecule has 3 N–H and O–H groups in total. The number of nitrogens with zero attached hydrogens (tertiary/aromatic N) is 4. The van der Waals surface area contributed by atoms with Gasteiger partial charge in [0.1, 0.15) is 0 Å². The van der Waals surface area contributed by atoms with Crippen molar-refractivity contribution in [2.45, 2.75) is 0 Å². The van der Waals surface area contributed by atoms with Crippen LogP contribution in [0.25, 0.3) is 33.7 Å². The Morgan fingerprint density at radius 1 is 0.645 bits per heavy atom. The molecule has 0 aliphatic rings. The van der Waals surface area contributed by atoms with Gasteiger partial charge in [0.05, 0.1) is 11.4 Å². The Morgan fingerprint density at radius 3 is 1.84 bits per heavy atom. The first-order valence-corrected chi connectivity index (χ1v) is 10.0. The SMILES string of the molecule is Nc1nc(Nc2ccc(Cl)cc2)c2nc(-c3ccccc3)c(-c3ccccc3)nc2n1. The van der Waals surface area contributed by atoms with Crippen LogP contribution in [0.15, 0.2) is 84.9 Å². The molecule has 6 nitrogen and oxygen atoms in total. The second kappa shape index (κ2) is 8.01. The summed E-state index contributed by atoms with van der Waals surface area (Å²) in [7, 11) is 0. The standard InChI is InChI=1S/C24H17ClN6/c25-17-11-13-18(14-12-17)27-22-21-23(31-24(26)30-22)29-20(16-9-5-2-6-10-16)19(28-21)15-7-3-1-4-8-15/h1-14H,(H3,26,27,29,30,31). The molecule has 0 radical (unpaired) electrons. The Bertz CT molecular complexity index is 1360. The predicted octanol–water partition coefficient (Wildman–Crippen LogP) is 5.73. The minimum absolute atomic E-state index is 0.115. The lowest BCUT2D eigenvalue weighted by atomic mass is 10.0. The molecule has 0 unspecified atom stereocenters. The van der Waals surface area contributed by atoms with E-state index in [0.717, 1.165) is 28.2 Å². The van der Waals surface area contributed by atoms with Gasteiger partial charge in [-0.05, 0) is 24.3 Å². The number of nitrogens with one attached hydrogen (secondary N) is 1. The van der Waals surface area contributed by atoms with E-state index in [4.69, 9.17) is 27.3 Å². The van der Waals surface area contributed by atoms with Crippen molar-refractivity contribution >= 4 is 40.2 Å². The second-order valence-electron chi connectivity index (χ2n) is 6.89. The Labute approximate surface area is 183 Å². The molecule has 2 heterocycles. The number of aromatic nitrogens is 4. The third kappa shape index (κ3) is 3.89. The summed E-state index contributed by atoms with van der Waals surface area (Å²) in [6, 6.07) is 27.1. The molecule has 5 rings (SSSR count). The number of benzene rings is 3. The quantitative estimate of drug-likeness (QED) is 0.382. The van der Waals surface area contributed by atoms with Gasteiger partial charge in [0.2, 0.25) is 5.95 Å². The maximum atomic E-state index is 6.00. The van der Waals surface area contributed by atoms with Crippen molar-refractivity contribution in [3.8, 4) is 22.5 Å². The number of fused-ring (bicyclic) bond motifs is 1. The summed E-state index contributed by atoms with van der Waals surface area (Å²) in [6.07, 6.45) is 0. The van der Waals surface area contributed by atoms with Crippen molar-refractivity contribution in [2.24, 2.45) is 0 Å². The fourth-order valence-corrected chi connectivity index (χ4v) is 3.44. The molecule has 0 aliphatic heterocycles. The van der Waals surface area contributed by atoms with Gasteiger partial charge in [-0.2, -0.15) is 9.97 Å². The van der Waals surface area contributed by atoms with Crippen LogP contribution in [0.1, 0.15) is 0 Å². The molecular weight excluding hydrogens is 408 g/mol. The molecule has 7 heteroatoms. The Hall–Kier alpha value is -4.03. The molecule has 150 valence electrons. The van der Waals surface area contributed by atoms with E-state index in [1.54, 1.807) is 12.1 Å². The monoisotopic (exact) mass is 424 g/mol. The highest BCUT2D eigenvalue weighted by Crippen LogP contribution is 2.32. The van der Waals surface area contributed by atoms with Gasteiger partial charge >= 0.3 is 0 Å². The van der Waals surface area contributed by atoms with Crippen LogP contribution < -0.4 is 11.1 Å². The van der Waals surface area contributed by atoms with Gasteiger partial charge in [0.25, 0.3) is 0 Å². The summed E-state index contributed by atoms with van der Waals surface area (Å²) in [5, 5.41) is 3.91. The molecular formula is C24H17ClN6. The van der Waals surface area contributed by atoms with Crippen LogP contribution in [0.3, 0.4) is 0 Å². The van der Waals surface area contributed by atoms with Gasteiger partial charge in [-0.25, -0.2) is 9.97 Å². The highest BCUT2D eigenvalue weighted by Gasteiger charge is 2.17. The van der Waals surface area contributed by atoms with Gasteiger partial charge in [-0.15, -0.1) is 0 Å². The molecule has 0 atom stereocenters. The molecule has 0 fully saturated rings. The summed E-state index contributed by atoms with van der Waals surface area (Å²) < 4.78 is 0. The van der Waals surface area contributed by atoms with Gasteiger partial charge in [-0.1, -0.05) is 72.3 Å².